The van der Waals surface area contributed by atoms with Crippen LogP contribution in [0.3, 0.4) is 0 Å². The van der Waals surface area contributed by atoms with Crippen LogP contribution in [0.15, 0.2) is 35.5 Å². The van der Waals surface area contributed by atoms with Gasteiger partial charge in [-0.3, -0.25) is 0 Å². The molecule has 2 rings (SSSR count). The largest absolute Gasteiger partial charge is 0.458 e. The first-order chi connectivity index (χ1) is 12.1. The van der Waals surface area contributed by atoms with Crippen LogP contribution in [0.5, 0.6) is 0 Å². The van der Waals surface area contributed by atoms with E-state index in [4.69, 9.17) is 9.47 Å². The normalized spacial score (nSPS) is 38.1. The molecule has 5 atom stereocenters. The number of carbonyl (C=O) groups excluding carboxylic acids is 2. The maximum atomic E-state index is 12.3. The van der Waals surface area contributed by atoms with Crippen LogP contribution < -0.4 is 0 Å². The van der Waals surface area contributed by atoms with Crippen molar-refractivity contribution >= 4 is 11.9 Å². The van der Waals surface area contributed by atoms with Crippen molar-refractivity contribution in [3.8, 4) is 0 Å². The molecular weight excluding hydrogens is 336 g/mol. The molecule has 0 spiro atoms. The number of fused-ring (bicyclic) bond motifs is 1. The van der Waals surface area contributed by atoms with Gasteiger partial charge in [-0.05, 0) is 52.2 Å². The van der Waals surface area contributed by atoms with Crippen molar-refractivity contribution in [3.63, 3.8) is 0 Å². The summed E-state index contributed by atoms with van der Waals surface area (Å²) in [6.45, 7) is 10.6. The average Bonchev–Trinajstić information content (AvgIpc) is 2.84. The van der Waals surface area contributed by atoms with Gasteiger partial charge in [0.15, 0.2) is 0 Å². The lowest BCUT2D eigenvalue weighted by Crippen LogP contribution is -2.41. The molecule has 144 valence electrons. The van der Waals surface area contributed by atoms with E-state index in [2.05, 4.69) is 6.58 Å². The molecule has 6 nitrogen and oxygen atoms in total. The van der Waals surface area contributed by atoms with Gasteiger partial charge >= 0.3 is 11.9 Å². The Morgan fingerprint density at radius 3 is 2.77 bits per heavy atom. The summed E-state index contributed by atoms with van der Waals surface area (Å²) in [6, 6.07) is 0. The Morgan fingerprint density at radius 2 is 2.15 bits per heavy atom. The van der Waals surface area contributed by atoms with E-state index in [0.29, 0.717) is 24.0 Å². The van der Waals surface area contributed by atoms with E-state index < -0.39 is 41.8 Å². The second-order valence-electron chi connectivity index (χ2n) is 7.50. The van der Waals surface area contributed by atoms with E-state index in [1.54, 1.807) is 39.8 Å². The average molecular weight is 364 g/mol. The highest BCUT2D eigenvalue weighted by atomic mass is 16.6. The summed E-state index contributed by atoms with van der Waals surface area (Å²) in [5.74, 6) is -1.67. The van der Waals surface area contributed by atoms with Crippen LogP contribution in [-0.2, 0) is 19.1 Å². The summed E-state index contributed by atoms with van der Waals surface area (Å²) >= 11 is 0. The lowest BCUT2D eigenvalue weighted by atomic mass is 9.80. The zero-order valence-electron chi connectivity index (χ0n) is 15.8. The Kier molecular flexibility index (Phi) is 6.09. The van der Waals surface area contributed by atoms with E-state index in [-0.39, 0.29) is 12.0 Å². The molecule has 1 saturated heterocycles. The van der Waals surface area contributed by atoms with Crippen molar-refractivity contribution < 1.29 is 29.3 Å². The molecule has 6 heteroatoms. The third-order valence-corrected chi connectivity index (χ3v) is 5.23. The molecule has 0 amide bonds. The van der Waals surface area contributed by atoms with Gasteiger partial charge in [0.2, 0.25) is 0 Å². The van der Waals surface area contributed by atoms with Gasteiger partial charge in [0, 0.05) is 17.6 Å². The second kappa shape index (κ2) is 7.76. The molecule has 1 aliphatic heterocycles. The second-order valence-corrected chi connectivity index (χ2v) is 7.50. The van der Waals surface area contributed by atoms with Gasteiger partial charge in [-0.1, -0.05) is 12.7 Å². The molecule has 0 radical (unpaired) electrons. The monoisotopic (exact) mass is 364 g/mol. The minimum atomic E-state index is -1.18. The van der Waals surface area contributed by atoms with Crippen molar-refractivity contribution in [1.29, 1.82) is 0 Å². The number of aliphatic hydroxyl groups is 2. The van der Waals surface area contributed by atoms with Crippen LogP contribution in [0.25, 0.3) is 0 Å². The van der Waals surface area contributed by atoms with Gasteiger partial charge in [0.1, 0.15) is 12.2 Å². The van der Waals surface area contributed by atoms with Gasteiger partial charge in [-0.15, -0.1) is 0 Å². The van der Waals surface area contributed by atoms with Gasteiger partial charge in [-0.2, -0.15) is 0 Å². The summed E-state index contributed by atoms with van der Waals surface area (Å²) in [5.41, 5.74) is 0.121. The van der Waals surface area contributed by atoms with Gasteiger partial charge in [0.05, 0.1) is 17.6 Å². The molecule has 26 heavy (non-hydrogen) atoms. The van der Waals surface area contributed by atoms with Crippen molar-refractivity contribution in [3.05, 3.63) is 35.5 Å². The molecule has 0 unspecified atom stereocenters. The third kappa shape index (κ3) is 4.43. The van der Waals surface area contributed by atoms with E-state index >= 15 is 0 Å². The smallest absolute Gasteiger partial charge is 0.334 e. The highest BCUT2D eigenvalue weighted by molar-refractivity contribution is 5.92. The minimum Gasteiger partial charge on any atom is -0.458 e. The number of carbonyl (C=O) groups is 2. The zero-order valence-corrected chi connectivity index (χ0v) is 15.8. The summed E-state index contributed by atoms with van der Waals surface area (Å²) in [5, 5.41) is 21.0. The predicted octanol–water partition coefficient (Wildman–Crippen LogP) is 2.20. The van der Waals surface area contributed by atoms with Gasteiger partial charge in [-0.25, -0.2) is 9.59 Å². The van der Waals surface area contributed by atoms with Crippen LogP contribution in [0.2, 0.25) is 0 Å². The predicted molar refractivity (Wildman–Crippen MR) is 96.1 cm³/mol. The fourth-order valence-electron chi connectivity index (χ4n) is 3.35. The Morgan fingerprint density at radius 1 is 1.50 bits per heavy atom. The topological polar surface area (TPSA) is 93.1 Å². The van der Waals surface area contributed by atoms with E-state index in [0.717, 1.165) is 0 Å². The van der Waals surface area contributed by atoms with Crippen LogP contribution >= 0.6 is 0 Å². The van der Waals surface area contributed by atoms with Crippen molar-refractivity contribution in [2.24, 2.45) is 5.92 Å². The fourth-order valence-corrected chi connectivity index (χ4v) is 3.35. The van der Waals surface area contributed by atoms with E-state index in [9.17, 15) is 19.8 Å². The SMILES string of the molecule is C=C1C(=O)O[C@@H]2/C=C(/C)[C@@H](O)CC[C@](C)(O)C[C@@H](OC(=O)/C(C)=C/C)[C@@H]12. The van der Waals surface area contributed by atoms with Crippen LogP contribution in [-0.4, -0.2) is 46.1 Å². The maximum Gasteiger partial charge on any atom is 0.334 e. The van der Waals surface area contributed by atoms with Crippen molar-refractivity contribution in [1.82, 2.24) is 0 Å². The summed E-state index contributed by atoms with van der Waals surface area (Å²) in [6.07, 6.45) is 1.94. The molecule has 0 aromatic heterocycles. The molecule has 1 aliphatic carbocycles. The molecular formula is C20H28O6. The standard InChI is InChI=1S/C20H28O6/c1-6-11(2)18(22)26-16-10-20(5,24)8-7-14(21)12(3)9-15-17(16)13(4)19(23)25-15/h6,9,14-17,21,24H,4,7-8,10H2,1-3,5H3/b11-6+,12-9-/t14-,15+,16+,17-,20-/m0/s1. The van der Waals surface area contributed by atoms with Crippen molar-refractivity contribution in [2.75, 3.05) is 0 Å². The van der Waals surface area contributed by atoms with Crippen LogP contribution in [0.4, 0.5) is 0 Å². The molecule has 2 N–H and O–H groups in total. The Bertz CT molecular complexity index is 657. The Labute approximate surface area is 154 Å². The van der Waals surface area contributed by atoms with Crippen LogP contribution in [0.1, 0.15) is 47.0 Å². The molecule has 1 heterocycles. The molecule has 0 saturated carbocycles. The molecule has 0 bridgehead atoms. The van der Waals surface area contributed by atoms with Crippen molar-refractivity contribution in [2.45, 2.75) is 70.9 Å². The maximum absolute atomic E-state index is 12.3. The molecule has 0 aromatic rings. The fraction of sp³-hybridized carbons (Fsp3) is 0.600. The van der Waals surface area contributed by atoms with Gasteiger partial charge in [0.25, 0.3) is 0 Å². The molecule has 0 aromatic carbocycles. The molecule has 2 aliphatic rings. The Hall–Kier alpha value is -1.92. The first-order valence-electron chi connectivity index (χ1n) is 8.88. The number of ether oxygens (including phenoxy) is 2. The highest BCUT2D eigenvalue weighted by Crippen LogP contribution is 2.38. The first kappa shape index (κ1) is 20.4. The number of esters is 2. The number of hydrogen-bond acceptors (Lipinski definition) is 6. The summed E-state index contributed by atoms with van der Waals surface area (Å²) in [7, 11) is 0. The van der Waals surface area contributed by atoms with E-state index in [1.165, 1.54) is 0 Å². The third-order valence-electron chi connectivity index (χ3n) is 5.23. The lowest BCUT2D eigenvalue weighted by Gasteiger charge is -2.34. The number of aliphatic hydroxyl groups excluding tert-OH is 1. The summed E-state index contributed by atoms with van der Waals surface area (Å²) in [4.78, 5) is 24.4. The number of rotatable bonds is 2. The number of allylic oxidation sites excluding steroid dienone is 1. The Balaban J connectivity index is 2.45. The summed E-state index contributed by atoms with van der Waals surface area (Å²) < 4.78 is 11.0. The molecule has 1 fully saturated rings. The minimum absolute atomic E-state index is 0.117. The highest BCUT2D eigenvalue weighted by Gasteiger charge is 2.47. The quantitative estimate of drug-likeness (QED) is 0.443. The lowest BCUT2D eigenvalue weighted by molar-refractivity contribution is -0.151. The first-order valence-corrected chi connectivity index (χ1v) is 8.88. The van der Waals surface area contributed by atoms with E-state index in [1.807, 2.05) is 0 Å². The number of hydrogen-bond donors (Lipinski definition) is 2. The van der Waals surface area contributed by atoms with Crippen LogP contribution in [0, 0.1) is 5.92 Å². The zero-order chi connectivity index (χ0) is 19.6. The van der Waals surface area contributed by atoms with Gasteiger partial charge < -0.3 is 19.7 Å².